The van der Waals surface area contributed by atoms with Crippen LogP contribution in [0.15, 0.2) is 60.7 Å². The maximum atomic E-state index is 12.6. The van der Waals surface area contributed by atoms with Crippen LogP contribution in [0.5, 0.6) is 5.75 Å². The summed E-state index contributed by atoms with van der Waals surface area (Å²) < 4.78 is 5.95. The molecular weight excluding hydrogens is 322 g/mol. The number of rotatable bonds is 6. The predicted molar refractivity (Wildman–Crippen MR) is 106 cm³/mol. The number of hydrogen-bond donors (Lipinski definition) is 1. The number of fused-ring (bicyclic) bond motifs is 1. The second-order valence-electron chi connectivity index (χ2n) is 6.69. The Kier molecular flexibility index (Phi) is 5.57. The SMILES string of the molecule is CC[C@H](Oc1cc(C)cc(C)c1)C(=O)NCc1cccc2ccccc12. The van der Waals surface area contributed by atoms with Crippen molar-refractivity contribution in [1.29, 1.82) is 0 Å². The van der Waals surface area contributed by atoms with Crippen LogP contribution in [0.25, 0.3) is 10.8 Å². The number of amides is 1. The third kappa shape index (κ3) is 4.23. The van der Waals surface area contributed by atoms with Gasteiger partial charge < -0.3 is 10.1 Å². The minimum absolute atomic E-state index is 0.0837. The van der Waals surface area contributed by atoms with Crippen LogP contribution < -0.4 is 10.1 Å². The van der Waals surface area contributed by atoms with Gasteiger partial charge in [0, 0.05) is 6.54 Å². The summed E-state index contributed by atoms with van der Waals surface area (Å²) in [6.45, 7) is 6.51. The Balaban J connectivity index is 1.69. The van der Waals surface area contributed by atoms with Crippen LogP contribution in [0.2, 0.25) is 0 Å². The largest absolute Gasteiger partial charge is 0.481 e. The Morgan fingerprint density at radius 3 is 2.42 bits per heavy atom. The maximum Gasteiger partial charge on any atom is 0.261 e. The predicted octanol–water partition coefficient (Wildman–Crippen LogP) is 4.93. The van der Waals surface area contributed by atoms with Crippen molar-refractivity contribution in [3.8, 4) is 5.75 Å². The summed E-state index contributed by atoms with van der Waals surface area (Å²) in [6.07, 6.45) is 0.125. The number of carbonyl (C=O) groups excluding carboxylic acids is 1. The first-order chi connectivity index (χ1) is 12.6. The molecule has 0 heterocycles. The summed E-state index contributed by atoms with van der Waals surface area (Å²) in [5.41, 5.74) is 3.37. The van der Waals surface area contributed by atoms with Crippen molar-refractivity contribution in [2.45, 2.75) is 39.8 Å². The van der Waals surface area contributed by atoms with E-state index in [0.29, 0.717) is 13.0 Å². The van der Waals surface area contributed by atoms with Gasteiger partial charge in [0.1, 0.15) is 5.75 Å². The molecule has 3 heteroatoms. The summed E-state index contributed by atoms with van der Waals surface area (Å²) >= 11 is 0. The average Bonchev–Trinajstić information content (AvgIpc) is 2.63. The fourth-order valence-electron chi connectivity index (χ4n) is 3.23. The second-order valence-corrected chi connectivity index (χ2v) is 6.69. The number of nitrogens with one attached hydrogen (secondary N) is 1. The van der Waals surface area contributed by atoms with E-state index in [0.717, 1.165) is 22.4 Å². The number of benzene rings is 3. The van der Waals surface area contributed by atoms with E-state index in [9.17, 15) is 4.79 Å². The Morgan fingerprint density at radius 1 is 1.00 bits per heavy atom. The molecule has 0 unspecified atom stereocenters. The highest BCUT2D eigenvalue weighted by Gasteiger charge is 2.18. The van der Waals surface area contributed by atoms with Crippen molar-refractivity contribution in [2.75, 3.05) is 0 Å². The first-order valence-electron chi connectivity index (χ1n) is 9.06. The van der Waals surface area contributed by atoms with Gasteiger partial charge in [-0.1, -0.05) is 55.5 Å². The Hall–Kier alpha value is -2.81. The molecule has 0 aromatic heterocycles. The first-order valence-corrected chi connectivity index (χ1v) is 9.06. The van der Waals surface area contributed by atoms with Crippen molar-refractivity contribution >= 4 is 16.7 Å². The zero-order valence-corrected chi connectivity index (χ0v) is 15.6. The molecule has 0 aliphatic rings. The summed E-state index contributed by atoms with van der Waals surface area (Å²) in [5, 5.41) is 5.37. The van der Waals surface area contributed by atoms with Crippen molar-refractivity contribution in [3.05, 3.63) is 77.4 Å². The topological polar surface area (TPSA) is 38.3 Å². The molecule has 0 aliphatic carbocycles. The monoisotopic (exact) mass is 347 g/mol. The highest BCUT2D eigenvalue weighted by atomic mass is 16.5. The van der Waals surface area contributed by atoms with Crippen LogP contribution in [-0.4, -0.2) is 12.0 Å². The molecule has 3 aromatic carbocycles. The number of aryl methyl sites for hydroxylation is 2. The molecule has 0 saturated carbocycles. The van der Waals surface area contributed by atoms with Crippen LogP contribution in [0, 0.1) is 13.8 Å². The fraction of sp³-hybridized carbons (Fsp3) is 0.261. The van der Waals surface area contributed by atoms with Crippen molar-refractivity contribution in [1.82, 2.24) is 5.32 Å². The lowest BCUT2D eigenvalue weighted by atomic mass is 10.0. The minimum Gasteiger partial charge on any atom is -0.481 e. The van der Waals surface area contributed by atoms with Crippen molar-refractivity contribution in [2.24, 2.45) is 0 Å². The normalized spacial score (nSPS) is 12.0. The lowest BCUT2D eigenvalue weighted by molar-refractivity contribution is -0.128. The second kappa shape index (κ2) is 8.05. The molecule has 3 nitrogen and oxygen atoms in total. The van der Waals surface area contributed by atoms with Gasteiger partial charge in [0.2, 0.25) is 0 Å². The van der Waals surface area contributed by atoms with E-state index in [-0.39, 0.29) is 5.91 Å². The molecule has 0 saturated heterocycles. The maximum absolute atomic E-state index is 12.6. The number of ether oxygens (including phenoxy) is 1. The first kappa shape index (κ1) is 18.0. The quantitative estimate of drug-likeness (QED) is 0.686. The van der Waals surface area contributed by atoms with E-state index < -0.39 is 6.10 Å². The Bertz CT molecular complexity index is 891. The van der Waals surface area contributed by atoms with Gasteiger partial charge in [-0.25, -0.2) is 0 Å². The Labute approximate surface area is 155 Å². The van der Waals surface area contributed by atoms with Gasteiger partial charge in [-0.3, -0.25) is 4.79 Å². The zero-order valence-electron chi connectivity index (χ0n) is 15.6. The molecule has 1 atom stereocenters. The van der Waals surface area contributed by atoms with Gasteiger partial charge in [0.15, 0.2) is 6.10 Å². The smallest absolute Gasteiger partial charge is 0.261 e. The molecule has 134 valence electrons. The zero-order chi connectivity index (χ0) is 18.5. The molecule has 0 aliphatic heterocycles. The molecule has 0 bridgehead atoms. The van der Waals surface area contributed by atoms with E-state index in [1.807, 2.05) is 57.2 Å². The molecule has 1 N–H and O–H groups in total. The molecular formula is C23H25NO2. The van der Waals surface area contributed by atoms with Crippen LogP contribution in [0.4, 0.5) is 0 Å². The van der Waals surface area contributed by atoms with Gasteiger partial charge in [-0.2, -0.15) is 0 Å². The van der Waals surface area contributed by atoms with E-state index in [1.165, 1.54) is 10.8 Å². The van der Waals surface area contributed by atoms with Gasteiger partial charge in [-0.05, 0) is 59.9 Å². The summed E-state index contributed by atoms with van der Waals surface area (Å²) in [5.74, 6) is 0.661. The Morgan fingerprint density at radius 2 is 1.69 bits per heavy atom. The van der Waals surface area contributed by atoms with Crippen LogP contribution in [0.1, 0.15) is 30.0 Å². The number of hydrogen-bond acceptors (Lipinski definition) is 2. The van der Waals surface area contributed by atoms with Gasteiger partial charge in [0.05, 0.1) is 0 Å². The molecule has 0 spiro atoms. The van der Waals surface area contributed by atoms with E-state index >= 15 is 0 Å². The van der Waals surface area contributed by atoms with E-state index in [1.54, 1.807) is 0 Å². The molecule has 26 heavy (non-hydrogen) atoms. The molecule has 3 aromatic rings. The summed E-state index contributed by atoms with van der Waals surface area (Å²) in [6, 6.07) is 20.4. The van der Waals surface area contributed by atoms with Crippen LogP contribution in [0.3, 0.4) is 0 Å². The third-order valence-electron chi connectivity index (χ3n) is 4.47. The standard InChI is InChI=1S/C23H25NO2/c1-4-22(26-20-13-16(2)12-17(3)14-20)23(25)24-15-19-10-7-9-18-8-5-6-11-21(18)19/h5-14,22H,4,15H2,1-3H3,(H,24,25)/t22-/m0/s1. The van der Waals surface area contributed by atoms with Crippen LogP contribution >= 0.6 is 0 Å². The molecule has 0 fully saturated rings. The number of carbonyl (C=O) groups is 1. The van der Waals surface area contributed by atoms with Gasteiger partial charge in [-0.15, -0.1) is 0 Å². The lowest BCUT2D eigenvalue weighted by Gasteiger charge is -2.18. The van der Waals surface area contributed by atoms with E-state index in [4.69, 9.17) is 4.74 Å². The highest BCUT2D eigenvalue weighted by Crippen LogP contribution is 2.20. The van der Waals surface area contributed by atoms with Crippen molar-refractivity contribution < 1.29 is 9.53 Å². The summed E-state index contributed by atoms with van der Waals surface area (Å²) in [7, 11) is 0. The third-order valence-corrected chi connectivity index (χ3v) is 4.47. The minimum atomic E-state index is -0.494. The summed E-state index contributed by atoms with van der Waals surface area (Å²) in [4.78, 5) is 12.6. The van der Waals surface area contributed by atoms with Crippen molar-refractivity contribution in [3.63, 3.8) is 0 Å². The van der Waals surface area contributed by atoms with Crippen LogP contribution in [-0.2, 0) is 11.3 Å². The molecule has 1 amide bonds. The van der Waals surface area contributed by atoms with Gasteiger partial charge >= 0.3 is 0 Å². The fourth-order valence-corrected chi connectivity index (χ4v) is 3.23. The molecule has 3 rings (SSSR count). The molecule has 0 radical (unpaired) electrons. The highest BCUT2D eigenvalue weighted by molar-refractivity contribution is 5.86. The van der Waals surface area contributed by atoms with Gasteiger partial charge in [0.25, 0.3) is 5.91 Å². The van der Waals surface area contributed by atoms with E-state index in [2.05, 4.69) is 29.6 Å². The lowest BCUT2D eigenvalue weighted by Crippen LogP contribution is -2.37. The average molecular weight is 347 g/mol.